The van der Waals surface area contributed by atoms with Crippen LogP contribution in [0.4, 0.5) is 0 Å². The number of aryl methyl sites for hydroxylation is 1. The highest BCUT2D eigenvalue weighted by Gasteiger charge is 2.18. The van der Waals surface area contributed by atoms with Gasteiger partial charge in [-0.3, -0.25) is 4.79 Å². The molecule has 0 bridgehead atoms. The predicted octanol–water partition coefficient (Wildman–Crippen LogP) is 4.09. The van der Waals surface area contributed by atoms with Crippen LogP contribution in [0.3, 0.4) is 0 Å². The van der Waals surface area contributed by atoms with Gasteiger partial charge in [0, 0.05) is 0 Å². The fourth-order valence-corrected chi connectivity index (χ4v) is 2.52. The molecular formula is C20H25NO2. The quantitative estimate of drug-likeness (QED) is 0.872. The summed E-state index contributed by atoms with van der Waals surface area (Å²) in [4.78, 5) is 12.3. The molecule has 0 aliphatic heterocycles. The lowest BCUT2D eigenvalue weighted by atomic mass is 9.98. The number of ether oxygens (including phenoxy) is 1. The molecule has 0 saturated carbocycles. The molecule has 2 aromatic rings. The van der Waals surface area contributed by atoms with E-state index in [1.165, 1.54) is 11.1 Å². The summed E-state index contributed by atoms with van der Waals surface area (Å²) < 4.78 is 5.67. The Kier molecular flexibility index (Phi) is 5.94. The maximum atomic E-state index is 12.3. The second-order valence-electron chi connectivity index (χ2n) is 5.96. The minimum absolute atomic E-state index is 0.0369. The van der Waals surface area contributed by atoms with Crippen LogP contribution in [-0.2, 0) is 16.1 Å². The van der Waals surface area contributed by atoms with Crippen molar-refractivity contribution < 1.29 is 9.53 Å². The van der Waals surface area contributed by atoms with Crippen LogP contribution in [0.5, 0.6) is 0 Å². The first kappa shape index (κ1) is 17.2. The molecule has 1 N–H and O–H groups in total. The van der Waals surface area contributed by atoms with Gasteiger partial charge < -0.3 is 10.1 Å². The number of amides is 1. The molecule has 0 fully saturated rings. The highest BCUT2D eigenvalue weighted by Crippen LogP contribution is 2.20. The van der Waals surface area contributed by atoms with Crippen LogP contribution in [0.2, 0.25) is 0 Å². The topological polar surface area (TPSA) is 38.3 Å². The van der Waals surface area contributed by atoms with Crippen LogP contribution < -0.4 is 5.32 Å². The van der Waals surface area contributed by atoms with Gasteiger partial charge in [-0.25, -0.2) is 0 Å². The van der Waals surface area contributed by atoms with Gasteiger partial charge in [-0.15, -0.1) is 0 Å². The van der Waals surface area contributed by atoms with Gasteiger partial charge >= 0.3 is 0 Å². The Labute approximate surface area is 138 Å². The molecule has 0 radical (unpaired) electrons. The Morgan fingerprint density at radius 2 is 1.74 bits per heavy atom. The van der Waals surface area contributed by atoms with E-state index in [9.17, 15) is 4.79 Å². The highest BCUT2D eigenvalue weighted by atomic mass is 16.5. The van der Waals surface area contributed by atoms with Crippen molar-refractivity contribution in [3.8, 4) is 0 Å². The van der Waals surface area contributed by atoms with Gasteiger partial charge in [0.2, 0.25) is 5.91 Å². The second kappa shape index (κ2) is 7.93. The summed E-state index contributed by atoms with van der Waals surface area (Å²) in [6.45, 7) is 8.40. The lowest BCUT2D eigenvalue weighted by Gasteiger charge is -2.20. The van der Waals surface area contributed by atoms with Crippen LogP contribution in [-0.4, -0.2) is 12.0 Å². The minimum Gasteiger partial charge on any atom is -0.364 e. The summed E-state index contributed by atoms with van der Waals surface area (Å²) in [7, 11) is 0. The summed E-state index contributed by atoms with van der Waals surface area (Å²) in [5.74, 6) is -0.0886. The fraction of sp³-hybridized carbons (Fsp3) is 0.350. The van der Waals surface area contributed by atoms with Crippen molar-refractivity contribution in [2.24, 2.45) is 0 Å². The molecule has 3 heteroatoms. The monoisotopic (exact) mass is 311 g/mol. The van der Waals surface area contributed by atoms with Crippen LogP contribution in [0, 0.1) is 13.8 Å². The number of hydrogen-bond acceptors (Lipinski definition) is 2. The van der Waals surface area contributed by atoms with E-state index in [0.717, 1.165) is 11.1 Å². The fourth-order valence-electron chi connectivity index (χ4n) is 2.52. The van der Waals surface area contributed by atoms with E-state index in [-0.39, 0.29) is 11.9 Å². The molecule has 122 valence electrons. The van der Waals surface area contributed by atoms with E-state index in [1.54, 1.807) is 6.92 Å². The van der Waals surface area contributed by atoms with Crippen molar-refractivity contribution in [1.29, 1.82) is 0 Å². The molecule has 2 aromatic carbocycles. The summed E-state index contributed by atoms with van der Waals surface area (Å²) in [5.41, 5.74) is 4.67. The summed E-state index contributed by atoms with van der Waals surface area (Å²) >= 11 is 0. The molecule has 2 rings (SSSR count). The Hall–Kier alpha value is -2.13. The number of hydrogen-bond donors (Lipinski definition) is 1. The number of benzene rings is 2. The maximum absolute atomic E-state index is 12.3. The van der Waals surface area contributed by atoms with Gasteiger partial charge in [0.05, 0.1) is 12.6 Å². The van der Waals surface area contributed by atoms with E-state index in [4.69, 9.17) is 4.74 Å². The van der Waals surface area contributed by atoms with Crippen molar-refractivity contribution >= 4 is 5.91 Å². The third kappa shape index (κ3) is 4.67. The van der Waals surface area contributed by atoms with Crippen molar-refractivity contribution in [3.05, 3.63) is 70.8 Å². The number of rotatable bonds is 6. The summed E-state index contributed by atoms with van der Waals surface area (Å²) in [6, 6.07) is 16.0. The molecule has 0 spiro atoms. The third-order valence-electron chi connectivity index (χ3n) is 4.18. The van der Waals surface area contributed by atoms with Crippen molar-refractivity contribution in [2.75, 3.05) is 0 Å². The minimum atomic E-state index is -0.484. The van der Waals surface area contributed by atoms with E-state index in [0.29, 0.717) is 6.61 Å². The Morgan fingerprint density at radius 1 is 1.04 bits per heavy atom. The van der Waals surface area contributed by atoms with Gasteiger partial charge in [0.25, 0.3) is 0 Å². The Morgan fingerprint density at radius 3 is 2.43 bits per heavy atom. The number of nitrogens with one attached hydrogen (secondary N) is 1. The lowest BCUT2D eigenvalue weighted by Crippen LogP contribution is -2.36. The zero-order chi connectivity index (χ0) is 16.8. The molecule has 2 atom stereocenters. The normalized spacial score (nSPS) is 13.4. The average Bonchev–Trinajstić information content (AvgIpc) is 2.55. The summed E-state index contributed by atoms with van der Waals surface area (Å²) in [6.07, 6.45) is -0.484. The lowest BCUT2D eigenvalue weighted by molar-refractivity contribution is -0.133. The Balaban J connectivity index is 1.91. The van der Waals surface area contributed by atoms with Crippen molar-refractivity contribution in [2.45, 2.75) is 46.4 Å². The SMILES string of the molecule is Cc1cccc(C(C)NC(=O)C(C)OCc2ccccc2)c1C. The zero-order valence-electron chi connectivity index (χ0n) is 14.3. The van der Waals surface area contributed by atoms with E-state index in [1.807, 2.05) is 43.3 Å². The zero-order valence-corrected chi connectivity index (χ0v) is 14.3. The molecule has 0 aliphatic carbocycles. The molecule has 0 saturated heterocycles. The first-order valence-electron chi connectivity index (χ1n) is 8.01. The number of carbonyl (C=O) groups excluding carboxylic acids is 1. The van der Waals surface area contributed by atoms with E-state index in [2.05, 4.69) is 31.3 Å². The molecular weight excluding hydrogens is 286 g/mol. The second-order valence-corrected chi connectivity index (χ2v) is 5.96. The molecule has 2 unspecified atom stereocenters. The Bertz CT molecular complexity index is 652. The molecule has 3 nitrogen and oxygen atoms in total. The van der Waals surface area contributed by atoms with E-state index < -0.39 is 6.10 Å². The van der Waals surface area contributed by atoms with Gasteiger partial charge in [0.15, 0.2) is 0 Å². The average molecular weight is 311 g/mol. The number of carbonyl (C=O) groups is 1. The molecule has 0 aromatic heterocycles. The van der Waals surface area contributed by atoms with Crippen LogP contribution in [0.25, 0.3) is 0 Å². The predicted molar refractivity (Wildman–Crippen MR) is 93.2 cm³/mol. The third-order valence-corrected chi connectivity index (χ3v) is 4.18. The van der Waals surface area contributed by atoms with Gasteiger partial charge in [-0.05, 0) is 49.9 Å². The van der Waals surface area contributed by atoms with Gasteiger partial charge in [-0.2, -0.15) is 0 Å². The molecule has 1 amide bonds. The van der Waals surface area contributed by atoms with E-state index >= 15 is 0 Å². The van der Waals surface area contributed by atoms with Crippen LogP contribution in [0.1, 0.15) is 42.1 Å². The van der Waals surface area contributed by atoms with Crippen LogP contribution in [0.15, 0.2) is 48.5 Å². The molecule has 23 heavy (non-hydrogen) atoms. The van der Waals surface area contributed by atoms with Gasteiger partial charge in [0.1, 0.15) is 6.10 Å². The highest BCUT2D eigenvalue weighted by molar-refractivity contribution is 5.80. The van der Waals surface area contributed by atoms with Gasteiger partial charge in [-0.1, -0.05) is 48.5 Å². The molecule has 0 aliphatic rings. The van der Waals surface area contributed by atoms with Crippen molar-refractivity contribution in [3.63, 3.8) is 0 Å². The standard InChI is InChI=1S/C20H25NO2/c1-14-9-8-12-19(15(14)2)16(3)21-20(22)17(4)23-13-18-10-6-5-7-11-18/h5-12,16-17H,13H2,1-4H3,(H,21,22). The molecule has 0 heterocycles. The maximum Gasteiger partial charge on any atom is 0.249 e. The summed E-state index contributed by atoms with van der Waals surface area (Å²) in [5, 5.41) is 3.04. The first-order chi connectivity index (χ1) is 11.0. The smallest absolute Gasteiger partial charge is 0.249 e. The van der Waals surface area contributed by atoms with Crippen molar-refractivity contribution in [1.82, 2.24) is 5.32 Å². The van der Waals surface area contributed by atoms with Crippen LogP contribution >= 0.6 is 0 Å². The first-order valence-corrected chi connectivity index (χ1v) is 8.01. The largest absolute Gasteiger partial charge is 0.364 e.